The lowest BCUT2D eigenvalue weighted by Crippen LogP contribution is -2.06. The van der Waals surface area contributed by atoms with E-state index in [1.54, 1.807) is 18.3 Å². The maximum atomic E-state index is 11.0. The lowest BCUT2D eigenvalue weighted by atomic mass is 10.00. The number of hydrogen-bond donors (Lipinski definition) is 1. The second kappa shape index (κ2) is 6.41. The number of pyridine rings is 1. The van der Waals surface area contributed by atoms with Crippen LogP contribution < -0.4 is 4.74 Å². The van der Waals surface area contributed by atoms with E-state index in [0.717, 1.165) is 5.56 Å². The third-order valence-electron chi connectivity index (χ3n) is 3.20. The second-order valence-electron chi connectivity index (χ2n) is 5.27. The topological polar surface area (TPSA) is 120 Å². The first-order chi connectivity index (χ1) is 11.5. The number of benzene rings is 1. The van der Waals surface area contributed by atoms with Crippen molar-refractivity contribution < 1.29 is 9.66 Å². The number of non-ortho nitro benzene ring substituents is 1. The highest BCUT2D eigenvalue weighted by atomic mass is 16.6. The van der Waals surface area contributed by atoms with Gasteiger partial charge in [-0.25, -0.2) is 4.98 Å². The van der Waals surface area contributed by atoms with Gasteiger partial charge in [0.1, 0.15) is 0 Å². The van der Waals surface area contributed by atoms with Crippen molar-refractivity contribution in [1.29, 1.82) is 0 Å². The number of tetrazole rings is 1. The summed E-state index contributed by atoms with van der Waals surface area (Å²) in [5.74, 6) is 0.785. The number of aromatic amines is 1. The van der Waals surface area contributed by atoms with E-state index in [2.05, 4.69) is 25.6 Å². The Labute approximate surface area is 136 Å². The predicted molar refractivity (Wildman–Crippen MR) is 85.3 cm³/mol. The lowest BCUT2D eigenvalue weighted by molar-refractivity contribution is -0.384. The van der Waals surface area contributed by atoms with Crippen LogP contribution in [0.5, 0.6) is 5.88 Å². The van der Waals surface area contributed by atoms with Crippen LogP contribution >= 0.6 is 0 Å². The number of rotatable bonds is 5. The second-order valence-corrected chi connectivity index (χ2v) is 5.27. The van der Waals surface area contributed by atoms with Crippen molar-refractivity contribution in [2.24, 2.45) is 0 Å². The van der Waals surface area contributed by atoms with E-state index in [4.69, 9.17) is 4.74 Å². The molecule has 2 aromatic heterocycles. The Hall–Kier alpha value is -3.36. The number of aromatic nitrogens is 5. The van der Waals surface area contributed by atoms with Crippen molar-refractivity contribution in [3.05, 3.63) is 46.6 Å². The Balaban J connectivity index is 2.05. The van der Waals surface area contributed by atoms with Crippen molar-refractivity contribution in [2.45, 2.75) is 20.0 Å². The van der Waals surface area contributed by atoms with E-state index in [9.17, 15) is 10.1 Å². The molecule has 0 amide bonds. The van der Waals surface area contributed by atoms with Crippen LogP contribution in [-0.4, -0.2) is 36.6 Å². The number of ether oxygens (including phenoxy) is 1. The summed E-state index contributed by atoms with van der Waals surface area (Å²) < 4.78 is 5.52. The average Bonchev–Trinajstić information content (AvgIpc) is 3.09. The molecule has 1 aromatic carbocycles. The molecule has 0 aliphatic heterocycles. The molecule has 1 N–H and O–H groups in total. The molecule has 0 bridgehead atoms. The van der Waals surface area contributed by atoms with Crippen LogP contribution in [0, 0.1) is 10.1 Å². The number of nitro groups is 1. The van der Waals surface area contributed by atoms with Crippen molar-refractivity contribution in [3.63, 3.8) is 0 Å². The molecule has 3 rings (SSSR count). The Morgan fingerprint density at radius 3 is 2.62 bits per heavy atom. The Kier molecular flexibility index (Phi) is 4.15. The maximum Gasteiger partial charge on any atom is 0.270 e. The number of H-pyrrole nitrogens is 1. The van der Waals surface area contributed by atoms with E-state index >= 15 is 0 Å². The van der Waals surface area contributed by atoms with Gasteiger partial charge in [-0.05, 0) is 36.8 Å². The molecule has 122 valence electrons. The van der Waals surface area contributed by atoms with Gasteiger partial charge in [-0.2, -0.15) is 5.21 Å². The first-order valence-electron chi connectivity index (χ1n) is 7.20. The van der Waals surface area contributed by atoms with Crippen LogP contribution in [-0.2, 0) is 0 Å². The highest BCUT2D eigenvalue weighted by Gasteiger charge is 2.17. The van der Waals surface area contributed by atoms with Gasteiger partial charge in [0.25, 0.3) is 5.69 Å². The minimum Gasteiger partial charge on any atom is -0.475 e. The third-order valence-corrected chi connectivity index (χ3v) is 3.20. The van der Waals surface area contributed by atoms with Gasteiger partial charge >= 0.3 is 0 Å². The fraction of sp³-hybridized carbons (Fsp3) is 0.200. The molecule has 3 aromatic rings. The normalized spacial score (nSPS) is 10.8. The third kappa shape index (κ3) is 3.19. The van der Waals surface area contributed by atoms with Gasteiger partial charge in [-0.3, -0.25) is 10.1 Å². The fourth-order valence-electron chi connectivity index (χ4n) is 2.21. The van der Waals surface area contributed by atoms with Crippen LogP contribution in [0.15, 0.2) is 36.5 Å². The maximum absolute atomic E-state index is 11.0. The van der Waals surface area contributed by atoms with Gasteiger partial charge in [0.2, 0.25) is 11.7 Å². The van der Waals surface area contributed by atoms with Crippen LogP contribution in [0.25, 0.3) is 22.5 Å². The molecule has 24 heavy (non-hydrogen) atoms. The first kappa shape index (κ1) is 15.5. The molecule has 0 atom stereocenters. The summed E-state index contributed by atoms with van der Waals surface area (Å²) in [5, 5.41) is 24.7. The molecular formula is C15H14N6O3. The van der Waals surface area contributed by atoms with Crippen LogP contribution in [0.2, 0.25) is 0 Å². The molecule has 0 aliphatic rings. The molecule has 0 aliphatic carbocycles. The highest BCUT2D eigenvalue weighted by molar-refractivity contribution is 5.81. The molecule has 2 heterocycles. The molecule has 0 fully saturated rings. The van der Waals surface area contributed by atoms with E-state index in [1.165, 1.54) is 12.1 Å². The average molecular weight is 326 g/mol. The summed E-state index contributed by atoms with van der Waals surface area (Å²) >= 11 is 0. The number of nitro benzene ring substituents is 1. The van der Waals surface area contributed by atoms with E-state index < -0.39 is 4.92 Å². The number of nitrogens with zero attached hydrogens (tertiary/aromatic N) is 5. The van der Waals surface area contributed by atoms with Crippen molar-refractivity contribution in [3.8, 4) is 28.4 Å². The first-order valence-corrected chi connectivity index (χ1v) is 7.20. The standard InChI is InChI=1S/C15H14N6O3/c1-9(2)24-14-6-3-10(8-16-14)12-5-4-11(21(22)23)7-13(12)15-17-19-20-18-15/h3-9H,1-2H3,(H,17,18,19,20). The minimum atomic E-state index is -0.467. The SMILES string of the molecule is CC(C)Oc1ccc(-c2ccc([N+](=O)[O-])cc2-c2nn[nH]n2)cn1. The molecule has 0 spiro atoms. The monoisotopic (exact) mass is 326 g/mol. The number of nitrogens with one attached hydrogen (secondary N) is 1. The van der Waals surface area contributed by atoms with E-state index in [-0.39, 0.29) is 17.6 Å². The Bertz CT molecular complexity index is 846. The quantitative estimate of drug-likeness (QED) is 0.565. The predicted octanol–water partition coefficient (Wildman–Crippen LogP) is 2.62. The summed E-state index contributed by atoms with van der Waals surface area (Å²) in [6, 6.07) is 8.06. The van der Waals surface area contributed by atoms with Gasteiger partial charge in [-0.15, -0.1) is 10.2 Å². The molecule has 0 radical (unpaired) electrons. The molecule has 9 heteroatoms. The molecule has 9 nitrogen and oxygen atoms in total. The zero-order valence-corrected chi connectivity index (χ0v) is 13.0. The van der Waals surface area contributed by atoms with E-state index in [0.29, 0.717) is 17.0 Å². The van der Waals surface area contributed by atoms with E-state index in [1.807, 2.05) is 19.9 Å². The largest absolute Gasteiger partial charge is 0.475 e. The molecule has 0 saturated heterocycles. The van der Waals surface area contributed by atoms with Gasteiger partial charge in [-0.1, -0.05) is 0 Å². The molecular weight excluding hydrogens is 312 g/mol. The summed E-state index contributed by atoms with van der Waals surface area (Å²) in [6.07, 6.45) is 1.67. The molecule has 0 saturated carbocycles. The van der Waals surface area contributed by atoms with Crippen molar-refractivity contribution >= 4 is 5.69 Å². The Morgan fingerprint density at radius 1 is 1.21 bits per heavy atom. The summed E-state index contributed by atoms with van der Waals surface area (Å²) in [7, 11) is 0. The van der Waals surface area contributed by atoms with Crippen LogP contribution in [0.3, 0.4) is 0 Å². The minimum absolute atomic E-state index is 0.0256. The Morgan fingerprint density at radius 2 is 2.04 bits per heavy atom. The summed E-state index contributed by atoms with van der Waals surface area (Å²) in [4.78, 5) is 14.8. The number of hydrogen-bond acceptors (Lipinski definition) is 7. The lowest BCUT2D eigenvalue weighted by Gasteiger charge is -2.10. The summed E-state index contributed by atoms with van der Waals surface area (Å²) in [6.45, 7) is 3.83. The van der Waals surface area contributed by atoms with Gasteiger partial charge in [0.05, 0.1) is 11.0 Å². The fourth-order valence-corrected chi connectivity index (χ4v) is 2.21. The summed E-state index contributed by atoms with van der Waals surface area (Å²) in [5.41, 5.74) is 1.93. The van der Waals surface area contributed by atoms with Gasteiger partial charge < -0.3 is 4.74 Å². The zero-order chi connectivity index (χ0) is 17.1. The van der Waals surface area contributed by atoms with Crippen LogP contribution in [0.4, 0.5) is 5.69 Å². The smallest absolute Gasteiger partial charge is 0.270 e. The van der Waals surface area contributed by atoms with Gasteiger partial charge in [0, 0.05) is 35.5 Å². The highest BCUT2D eigenvalue weighted by Crippen LogP contribution is 2.33. The molecule has 0 unspecified atom stereocenters. The van der Waals surface area contributed by atoms with Crippen molar-refractivity contribution in [2.75, 3.05) is 0 Å². The van der Waals surface area contributed by atoms with Gasteiger partial charge in [0.15, 0.2) is 0 Å². The van der Waals surface area contributed by atoms with Crippen molar-refractivity contribution in [1.82, 2.24) is 25.6 Å². The van der Waals surface area contributed by atoms with Crippen LogP contribution in [0.1, 0.15) is 13.8 Å². The zero-order valence-electron chi connectivity index (χ0n) is 13.0.